The first-order valence-electron chi connectivity index (χ1n) is 9.17. The summed E-state index contributed by atoms with van der Waals surface area (Å²) in [5, 5.41) is 7.13. The summed E-state index contributed by atoms with van der Waals surface area (Å²) in [4.78, 5) is 33.2. The largest absolute Gasteiger partial charge is 0.481 e. The fraction of sp³-hybridized carbons (Fsp3) is 0.474. The minimum atomic E-state index is -0.0803. The van der Waals surface area contributed by atoms with Crippen LogP contribution in [0.15, 0.2) is 18.3 Å². The first kappa shape index (κ1) is 18.9. The number of aromatic amines is 1. The molecule has 0 atom stereocenters. The molecule has 0 aromatic carbocycles. The molecule has 1 fully saturated rings. The molecular formula is C19H25N5O3. The third-order valence-electron chi connectivity index (χ3n) is 4.93. The van der Waals surface area contributed by atoms with Crippen LogP contribution in [0, 0.1) is 6.92 Å². The molecule has 0 spiro atoms. The Morgan fingerprint density at radius 2 is 1.89 bits per heavy atom. The van der Waals surface area contributed by atoms with E-state index in [0.717, 1.165) is 24.1 Å². The average molecular weight is 371 g/mol. The standard InChI is InChI=1S/C19H25N5O3/c1-4-15-13(2)17(22-21-15)19(26)24-9-5-8-23(10-11-24)18(25)14-6-7-20-16(12-14)27-3/h6-7,12H,4-5,8-11H2,1-3H3,(H,21,22). The second-order valence-corrected chi connectivity index (χ2v) is 6.55. The smallest absolute Gasteiger partial charge is 0.274 e. The van der Waals surface area contributed by atoms with Crippen LogP contribution in [0.1, 0.15) is 45.4 Å². The van der Waals surface area contributed by atoms with Gasteiger partial charge in [-0.05, 0) is 25.8 Å². The van der Waals surface area contributed by atoms with Gasteiger partial charge in [0.2, 0.25) is 5.88 Å². The van der Waals surface area contributed by atoms with Crippen molar-refractivity contribution < 1.29 is 14.3 Å². The third kappa shape index (κ3) is 3.94. The molecule has 3 rings (SSSR count). The van der Waals surface area contributed by atoms with E-state index in [9.17, 15) is 9.59 Å². The summed E-state index contributed by atoms with van der Waals surface area (Å²) in [6.45, 7) is 6.13. The van der Waals surface area contributed by atoms with Crippen LogP contribution in [0.25, 0.3) is 0 Å². The normalized spacial score (nSPS) is 14.8. The van der Waals surface area contributed by atoms with Gasteiger partial charge >= 0.3 is 0 Å². The fourth-order valence-electron chi connectivity index (χ4n) is 3.30. The van der Waals surface area contributed by atoms with Gasteiger partial charge in [0.25, 0.3) is 11.8 Å². The molecule has 8 nitrogen and oxygen atoms in total. The number of aromatic nitrogens is 3. The van der Waals surface area contributed by atoms with Crippen molar-refractivity contribution in [1.82, 2.24) is 25.0 Å². The molecule has 0 bridgehead atoms. The second kappa shape index (κ2) is 8.20. The monoisotopic (exact) mass is 371 g/mol. The van der Waals surface area contributed by atoms with Gasteiger partial charge in [0, 0.05) is 55.3 Å². The molecule has 1 N–H and O–H groups in total. The lowest BCUT2D eigenvalue weighted by molar-refractivity contribution is 0.0715. The van der Waals surface area contributed by atoms with Crippen LogP contribution >= 0.6 is 0 Å². The lowest BCUT2D eigenvalue weighted by Gasteiger charge is -2.22. The molecule has 1 aliphatic rings. The predicted molar refractivity (Wildman–Crippen MR) is 99.9 cm³/mol. The first-order valence-corrected chi connectivity index (χ1v) is 9.17. The molecule has 0 unspecified atom stereocenters. The Labute approximate surface area is 158 Å². The first-order chi connectivity index (χ1) is 13.0. The topological polar surface area (TPSA) is 91.4 Å². The van der Waals surface area contributed by atoms with E-state index in [1.807, 2.05) is 13.8 Å². The highest BCUT2D eigenvalue weighted by molar-refractivity contribution is 5.95. The van der Waals surface area contributed by atoms with Crippen molar-refractivity contribution in [2.24, 2.45) is 0 Å². The summed E-state index contributed by atoms with van der Waals surface area (Å²) in [7, 11) is 1.52. The van der Waals surface area contributed by atoms with E-state index in [1.54, 1.807) is 28.1 Å². The lowest BCUT2D eigenvalue weighted by Crippen LogP contribution is -2.37. The van der Waals surface area contributed by atoms with Gasteiger partial charge in [0.1, 0.15) is 0 Å². The summed E-state index contributed by atoms with van der Waals surface area (Å²) >= 11 is 0. The molecule has 1 aliphatic heterocycles. The Bertz CT molecular complexity index is 833. The van der Waals surface area contributed by atoms with Crippen molar-refractivity contribution >= 4 is 11.8 Å². The van der Waals surface area contributed by atoms with E-state index in [2.05, 4.69) is 15.2 Å². The van der Waals surface area contributed by atoms with E-state index >= 15 is 0 Å². The highest BCUT2D eigenvalue weighted by atomic mass is 16.5. The summed E-state index contributed by atoms with van der Waals surface area (Å²) in [6, 6.07) is 3.31. The van der Waals surface area contributed by atoms with Gasteiger partial charge in [-0.2, -0.15) is 5.10 Å². The molecule has 1 saturated heterocycles. The number of nitrogens with zero attached hydrogens (tertiary/aromatic N) is 4. The van der Waals surface area contributed by atoms with Gasteiger partial charge in [-0.15, -0.1) is 0 Å². The van der Waals surface area contributed by atoms with Gasteiger partial charge in [-0.1, -0.05) is 6.92 Å². The fourth-order valence-corrected chi connectivity index (χ4v) is 3.30. The van der Waals surface area contributed by atoms with Gasteiger partial charge in [-0.3, -0.25) is 14.7 Å². The highest BCUT2D eigenvalue weighted by Gasteiger charge is 2.26. The van der Waals surface area contributed by atoms with Crippen molar-refractivity contribution in [3.63, 3.8) is 0 Å². The molecule has 0 saturated carbocycles. The molecule has 144 valence electrons. The number of carbonyl (C=O) groups is 2. The van der Waals surface area contributed by atoms with Crippen LogP contribution in [0.3, 0.4) is 0 Å². The predicted octanol–water partition coefficient (Wildman–Crippen LogP) is 1.67. The van der Waals surface area contributed by atoms with Crippen LogP contribution in [-0.2, 0) is 6.42 Å². The summed E-state index contributed by atoms with van der Waals surface area (Å²) in [5.41, 5.74) is 2.91. The maximum Gasteiger partial charge on any atom is 0.274 e. The van der Waals surface area contributed by atoms with E-state index < -0.39 is 0 Å². The Hall–Kier alpha value is -2.90. The quantitative estimate of drug-likeness (QED) is 0.883. The number of carbonyl (C=O) groups excluding carboxylic acids is 2. The second-order valence-electron chi connectivity index (χ2n) is 6.55. The summed E-state index contributed by atoms with van der Waals surface area (Å²) in [5.74, 6) is 0.255. The van der Waals surface area contributed by atoms with E-state index in [-0.39, 0.29) is 11.8 Å². The van der Waals surface area contributed by atoms with Crippen molar-refractivity contribution in [2.45, 2.75) is 26.7 Å². The van der Waals surface area contributed by atoms with Gasteiger partial charge in [0.05, 0.1) is 7.11 Å². The maximum absolute atomic E-state index is 12.8. The van der Waals surface area contributed by atoms with Crippen LogP contribution in [-0.4, -0.2) is 70.1 Å². The van der Waals surface area contributed by atoms with Crippen molar-refractivity contribution in [1.29, 1.82) is 0 Å². The Morgan fingerprint density at radius 3 is 2.52 bits per heavy atom. The summed E-state index contributed by atoms with van der Waals surface area (Å²) < 4.78 is 5.09. The number of pyridine rings is 1. The zero-order valence-corrected chi connectivity index (χ0v) is 16.0. The van der Waals surface area contributed by atoms with Crippen LogP contribution < -0.4 is 4.74 Å². The highest BCUT2D eigenvalue weighted by Crippen LogP contribution is 2.16. The molecule has 2 amide bonds. The number of hydrogen-bond acceptors (Lipinski definition) is 5. The van der Waals surface area contributed by atoms with E-state index in [0.29, 0.717) is 43.3 Å². The van der Waals surface area contributed by atoms with Gasteiger partial charge < -0.3 is 14.5 Å². The van der Waals surface area contributed by atoms with Crippen LogP contribution in [0.4, 0.5) is 0 Å². The van der Waals surface area contributed by atoms with Crippen molar-refractivity contribution in [3.05, 3.63) is 40.8 Å². The van der Waals surface area contributed by atoms with E-state index in [4.69, 9.17) is 4.74 Å². The molecule has 0 aliphatic carbocycles. The van der Waals surface area contributed by atoms with Gasteiger partial charge in [-0.25, -0.2) is 4.98 Å². The number of H-pyrrole nitrogens is 1. The SMILES string of the molecule is CCc1[nH]nc(C(=O)N2CCCN(C(=O)c3ccnc(OC)c3)CC2)c1C. The average Bonchev–Trinajstić information content (AvgIpc) is 2.91. The zero-order valence-electron chi connectivity index (χ0n) is 16.0. The number of aryl methyl sites for hydroxylation is 1. The number of rotatable bonds is 4. The number of hydrogen-bond donors (Lipinski definition) is 1. The van der Waals surface area contributed by atoms with Crippen molar-refractivity contribution in [2.75, 3.05) is 33.3 Å². The maximum atomic E-state index is 12.8. The van der Waals surface area contributed by atoms with E-state index in [1.165, 1.54) is 7.11 Å². The summed E-state index contributed by atoms with van der Waals surface area (Å²) in [6.07, 6.45) is 3.10. The Morgan fingerprint density at radius 1 is 1.19 bits per heavy atom. The number of methoxy groups -OCH3 is 1. The molecule has 8 heteroatoms. The van der Waals surface area contributed by atoms with Crippen molar-refractivity contribution in [3.8, 4) is 5.88 Å². The molecular weight excluding hydrogens is 346 g/mol. The molecule has 3 heterocycles. The van der Waals surface area contributed by atoms with Gasteiger partial charge in [0.15, 0.2) is 5.69 Å². The Balaban J connectivity index is 1.68. The minimum absolute atomic E-state index is 0.0748. The third-order valence-corrected chi connectivity index (χ3v) is 4.93. The van der Waals surface area contributed by atoms with Crippen LogP contribution in [0.5, 0.6) is 5.88 Å². The molecule has 27 heavy (non-hydrogen) atoms. The number of ether oxygens (including phenoxy) is 1. The van der Waals surface area contributed by atoms with Crippen LogP contribution in [0.2, 0.25) is 0 Å². The molecule has 2 aromatic rings. The number of amides is 2. The number of nitrogens with one attached hydrogen (secondary N) is 1. The zero-order chi connectivity index (χ0) is 19.4. The minimum Gasteiger partial charge on any atom is -0.481 e. The molecule has 2 aromatic heterocycles. The lowest BCUT2D eigenvalue weighted by atomic mass is 10.1. The molecule has 0 radical (unpaired) electrons. The Kier molecular flexibility index (Phi) is 5.73.